The molecule has 1 atom stereocenters. The first kappa shape index (κ1) is 25.7. The molecule has 0 saturated carbocycles. The van der Waals surface area contributed by atoms with Gasteiger partial charge in [-0.15, -0.1) is 0 Å². The number of nitrogens with zero attached hydrogens (tertiary/aromatic N) is 6. The number of carbonyl (C=O) groups excluding carboxylic acids is 1. The van der Waals surface area contributed by atoms with Gasteiger partial charge in [-0.1, -0.05) is 6.92 Å². The van der Waals surface area contributed by atoms with E-state index in [2.05, 4.69) is 21.7 Å². The Bertz CT molecular complexity index is 1190. The minimum absolute atomic E-state index is 0.00593. The van der Waals surface area contributed by atoms with Gasteiger partial charge in [0, 0.05) is 76.5 Å². The SMILES string of the molecule is CCCN(C(=O)c1cn2c(n1)CN(c1nc3c(c(NC4CCOCC4)n1)S(=O)CC3)CC2)C1CCOCC1. The Morgan fingerprint density at radius 2 is 1.87 bits per heavy atom. The van der Waals surface area contributed by atoms with Crippen molar-refractivity contribution in [3.05, 3.63) is 23.4 Å². The highest BCUT2D eigenvalue weighted by atomic mass is 32.2. The molecular formula is C26H37N7O4S. The number of anilines is 2. The second kappa shape index (κ2) is 11.3. The van der Waals surface area contributed by atoms with Gasteiger partial charge in [-0.25, -0.2) is 9.97 Å². The normalized spacial score (nSPS) is 22.2. The minimum atomic E-state index is -1.08. The lowest BCUT2D eigenvalue weighted by atomic mass is 10.1. The molecule has 0 spiro atoms. The summed E-state index contributed by atoms with van der Waals surface area (Å²) in [6, 6.07) is 0.460. The zero-order valence-corrected chi connectivity index (χ0v) is 22.9. The van der Waals surface area contributed by atoms with E-state index in [4.69, 9.17) is 24.4 Å². The molecule has 0 bridgehead atoms. The highest BCUT2D eigenvalue weighted by Gasteiger charge is 2.32. The third-order valence-corrected chi connectivity index (χ3v) is 9.36. The van der Waals surface area contributed by atoms with Crippen molar-refractivity contribution in [3.8, 4) is 0 Å². The van der Waals surface area contributed by atoms with Crippen LogP contribution < -0.4 is 10.2 Å². The molecule has 12 heteroatoms. The maximum atomic E-state index is 13.5. The van der Waals surface area contributed by atoms with E-state index in [0.717, 1.165) is 68.3 Å². The summed E-state index contributed by atoms with van der Waals surface area (Å²) in [5.41, 5.74) is 1.38. The van der Waals surface area contributed by atoms with Gasteiger partial charge >= 0.3 is 0 Å². The summed E-state index contributed by atoms with van der Waals surface area (Å²) in [6.45, 7) is 7.62. The molecule has 6 heterocycles. The summed E-state index contributed by atoms with van der Waals surface area (Å²) in [6.07, 6.45) is 7.07. The molecule has 1 unspecified atom stereocenters. The highest BCUT2D eigenvalue weighted by Crippen LogP contribution is 2.32. The van der Waals surface area contributed by atoms with E-state index in [0.29, 0.717) is 62.5 Å². The van der Waals surface area contributed by atoms with Crippen molar-refractivity contribution in [2.75, 3.05) is 55.5 Å². The molecule has 206 valence electrons. The molecule has 11 nitrogen and oxygen atoms in total. The van der Waals surface area contributed by atoms with Crippen LogP contribution in [0.25, 0.3) is 0 Å². The lowest BCUT2D eigenvalue weighted by Gasteiger charge is -2.33. The van der Waals surface area contributed by atoms with Crippen molar-refractivity contribution < 1.29 is 18.5 Å². The zero-order valence-electron chi connectivity index (χ0n) is 22.1. The number of ether oxygens (including phenoxy) is 2. The Hall–Kier alpha value is -2.57. The van der Waals surface area contributed by atoms with Gasteiger partial charge in [0.2, 0.25) is 5.95 Å². The molecule has 0 aliphatic carbocycles. The Balaban J connectivity index is 1.22. The molecule has 38 heavy (non-hydrogen) atoms. The van der Waals surface area contributed by atoms with Gasteiger partial charge in [-0.3, -0.25) is 9.00 Å². The van der Waals surface area contributed by atoms with E-state index in [1.165, 1.54) is 0 Å². The van der Waals surface area contributed by atoms with Crippen LogP contribution in [0.4, 0.5) is 11.8 Å². The summed E-state index contributed by atoms with van der Waals surface area (Å²) >= 11 is 0. The predicted molar refractivity (Wildman–Crippen MR) is 143 cm³/mol. The van der Waals surface area contributed by atoms with E-state index in [-0.39, 0.29) is 18.0 Å². The fourth-order valence-corrected chi connectivity index (χ4v) is 7.13. The standard InChI is InChI=1S/C26H37N7O4S/c1-2-8-33(19-5-13-37-14-6-19)25(34)21-16-31-9-10-32(17-22(31)28-21)26-29-20-7-15-38(35)23(20)24(30-26)27-18-3-11-36-12-4-18/h16,18-19H,2-15,17H2,1H3,(H,27,29,30). The number of fused-ring (bicyclic) bond motifs is 2. The average molecular weight is 544 g/mol. The summed E-state index contributed by atoms with van der Waals surface area (Å²) in [5.74, 6) is 2.77. The van der Waals surface area contributed by atoms with Gasteiger partial charge in [-0.05, 0) is 32.1 Å². The summed E-state index contributed by atoms with van der Waals surface area (Å²) in [7, 11) is -1.08. The number of hydrogen-bond acceptors (Lipinski definition) is 9. The van der Waals surface area contributed by atoms with E-state index in [1.807, 2.05) is 11.1 Å². The lowest BCUT2D eigenvalue weighted by molar-refractivity contribution is 0.0287. The number of aryl methyl sites for hydroxylation is 1. The van der Waals surface area contributed by atoms with Crippen LogP contribution in [0, 0.1) is 0 Å². The van der Waals surface area contributed by atoms with Crippen molar-refractivity contribution in [3.63, 3.8) is 0 Å². The summed E-state index contributed by atoms with van der Waals surface area (Å²) < 4.78 is 25.9. The number of amides is 1. The smallest absolute Gasteiger partial charge is 0.274 e. The summed E-state index contributed by atoms with van der Waals surface area (Å²) in [4.78, 5) is 32.9. The van der Waals surface area contributed by atoms with E-state index in [9.17, 15) is 9.00 Å². The maximum absolute atomic E-state index is 13.5. The van der Waals surface area contributed by atoms with Gasteiger partial charge in [0.15, 0.2) is 0 Å². The number of hydrogen-bond donors (Lipinski definition) is 1. The third kappa shape index (κ3) is 5.17. The second-order valence-electron chi connectivity index (χ2n) is 10.5. The van der Waals surface area contributed by atoms with Gasteiger partial charge in [0.1, 0.15) is 22.2 Å². The molecule has 2 saturated heterocycles. The first-order valence-corrected chi connectivity index (χ1v) is 15.3. The van der Waals surface area contributed by atoms with E-state index in [1.54, 1.807) is 0 Å². The van der Waals surface area contributed by atoms with Crippen LogP contribution in [0.3, 0.4) is 0 Å². The molecular weight excluding hydrogens is 506 g/mol. The Labute approximate surface area is 225 Å². The van der Waals surface area contributed by atoms with Crippen LogP contribution in [0.15, 0.2) is 11.1 Å². The third-order valence-electron chi connectivity index (χ3n) is 7.90. The van der Waals surface area contributed by atoms with Crippen molar-refractivity contribution in [2.24, 2.45) is 0 Å². The van der Waals surface area contributed by atoms with Crippen LogP contribution in [-0.4, -0.2) is 91.9 Å². The van der Waals surface area contributed by atoms with Gasteiger partial charge in [0.25, 0.3) is 5.91 Å². The second-order valence-corrected chi connectivity index (χ2v) is 12.0. The molecule has 4 aliphatic heterocycles. The molecule has 2 aromatic rings. The maximum Gasteiger partial charge on any atom is 0.274 e. The first-order valence-electron chi connectivity index (χ1n) is 13.9. The van der Waals surface area contributed by atoms with Crippen molar-refractivity contribution in [1.29, 1.82) is 0 Å². The number of nitrogens with one attached hydrogen (secondary N) is 1. The lowest BCUT2D eigenvalue weighted by Crippen LogP contribution is -2.44. The molecule has 6 rings (SSSR count). The Morgan fingerprint density at radius 1 is 1.11 bits per heavy atom. The fraction of sp³-hybridized carbons (Fsp3) is 0.692. The zero-order chi connectivity index (χ0) is 26.1. The fourth-order valence-electron chi connectivity index (χ4n) is 5.82. The van der Waals surface area contributed by atoms with Crippen LogP contribution >= 0.6 is 0 Å². The van der Waals surface area contributed by atoms with Crippen LogP contribution in [-0.2, 0) is 39.8 Å². The molecule has 2 aromatic heterocycles. The molecule has 2 fully saturated rings. The first-order chi connectivity index (χ1) is 18.6. The van der Waals surface area contributed by atoms with Crippen LogP contribution in [0.5, 0.6) is 0 Å². The van der Waals surface area contributed by atoms with Gasteiger partial charge in [-0.2, -0.15) is 4.98 Å². The minimum Gasteiger partial charge on any atom is -0.381 e. The quantitative estimate of drug-likeness (QED) is 0.560. The Morgan fingerprint density at radius 3 is 2.63 bits per heavy atom. The average Bonchev–Trinajstić information content (AvgIpc) is 3.55. The number of aromatic nitrogens is 4. The number of rotatable bonds is 7. The highest BCUT2D eigenvalue weighted by molar-refractivity contribution is 7.85. The molecule has 0 radical (unpaired) electrons. The Kier molecular flexibility index (Phi) is 7.62. The van der Waals surface area contributed by atoms with Crippen molar-refractivity contribution >= 4 is 28.5 Å². The topological polar surface area (TPSA) is 115 Å². The van der Waals surface area contributed by atoms with Crippen LogP contribution in [0.1, 0.15) is 61.0 Å². The van der Waals surface area contributed by atoms with Crippen LogP contribution in [0.2, 0.25) is 0 Å². The molecule has 4 aliphatic rings. The molecule has 0 aromatic carbocycles. The van der Waals surface area contributed by atoms with E-state index < -0.39 is 10.8 Å². The van der Waals surface area contributed by atoms with Gasteiger partial charge in [0.05, 0.1) is 23.0 Å². The summed E-state index contributed by atoms with van der Waals surface area (Å²) in [5, 5.41) is 3.55. The van der Waals surface area contributed by atoms with Crippen molar-refractivity contribution in [1.82, 2.24) is 24.4 Å². The number of imidazole rings is 1. The van der Waals surface area contributed by atoms with Crippen molar-refractivity contribution in [2.45, 2.75) is 75.5 Å². The van der Waals surface area contributed by atoms with Gasteiger partial charge < -0.3 is 29.2 Å². The van der Waals surface area contributed by atoms with E-state index >= 15 is 0 Å². The monoisotopic (exact) mass is 543 g/mol. The molecule has 1 amide bonds. The number of carbonyl (C=O) groups is 1. The predicted octanol–water partition coefficient (Wildman–Crippen LogP) is 1.98. The molecule has 1 N–H and O–H groups in total. The largest absolute Gasteiger partial charge is 0.381 e.